The highest BCUT2D eigenvalue weighted by atomic mass is 32.2. The third-order valence-electron chi connectivity index (χ3n) is 7.01. The zero-order chi connectivity index (χ0) is 26.4. The summed E-state index contributed by atoms with van der Waals surface area (Å²) in [6.45, 7) is 4.19. The van der Waals surface area contributed by atoms with E-state index in [0.717, 1.165) is 25.7 Å². The van der Waals surface area contributed by atoms with E-state index in [1.165, 1.54) is 6.07 Å². The number of carbonyl (C=O) groups excluding carboxylic acids is 2. The molecular formula is C26H31FN4O5S. The number of unbranched alkanes of at least 4 members (excludes halogenated alkanes) is 1. The van der Waals surface area contributed by atoms with Crippen LogP contribution in [0.3, 0.4) is 0 Å². The van der Waals surface area contributed by atoms with Crippen LogP contribution in [0, 0.1) is 5.82 Å². The van der Waals surface area contributed by atoms with Crippen molar-refractivity contribution in [2.45, 2.75) is 75.6 Å². The van der Waals surface area contributed by atoms with Crippen molar-refractivity contribution in [3.63, 3.8) is 0 Å². The second-order valence-corrected chi connectivity index (χ2v) is 12.2. The van der Waals surface area contributed by atoms with E-state index >= 15 is 4.39 Å². The lowest BCUT2D eigenvalue weighted by Crippen LogP contribution is -2.51. The molecule has 2 aromatic rings. The molecule has 1 aliphatic heterocycles. The Morgan fingerprint density at radius 2 is 2.03 bits per heavy atom. The first kappa shape index (κ1) is 25.4. The molecule has 2 saturated carbocycles. The van der Waals surface area contributed by atoms with Gasteiger partial charge in [0.1, 0.15) is 17.1 Å². The van der Waals surface area contributed by atoms with Gasteiger partial charge in [-0.3, -0.25) is 14.3 Å². The van der Waals surface area contributed by atoms with Crippen molar-refractivity contribution in [1.29, 1.82) is 0 Å². The molecule has 0 saturated heterocycles. The maximum atomic E-state index is 15.3. The van der Waals surface area contributed by atoms with Gasteiger partial charge in [0.2, 0.25) is 10.0 Å². The second-order valence-electron chi connectivity index (χ2n) is 10.2. The summed E-state index contributed by atoms with van der Waals surface area (Å²) in [5.41, 5.74) is -0.629. The van der Waals surface area contributed by atoms with Crippen molar-refractivity contribution in [2.24, 2.45) is 0 Å². The standard InChI is InChI=1S/C26H31FN4O5S/c1-3-4-13-36-17-7-10-20(21(27)14-17)26(2)15-19(22-11-12-31(29-22)16-5-6-16)23(24(32)28-26)25(33)30-37(34,35)18-8-9-18/h7,10-12,14,16,18H,3-6,8-9,13,15H2,1-2H3,(H,28,32)(H,30,33). The zero-order valence-electron chi connectivity index (χ0n) is 20.9. The number of ether oxygens (including phenoxy) is 1. The molecule has 37 heavy (non-hydrogen) atoms. The van der Waals surface area contributed by atoms with Crippen LogP contribution < -0.4 is 14.8 Å². The van der Waals surface area contributed by atoms with E-state index in [9.17, 15) is 18.0 Å². The Hall–Kier alpha value is -3.21. The Balaban J connectivity index is 1.50. The first-order valence-electron chi connectivity index (χ1n) is 12.7. The van der Waals surface area contributed by atoms with E-state index < -0.39 is 38.4 Å². The van der Waals surface area contributed by atoms with E-state index in [0.29, 0.717) is 30.9 Å². The van der Waals surface area contributed by atoms with Crippen LogP contribution in [0.2, 0.25) is 0 Å². The van der Waals surface area contributed by atoms with Crippen LogP contribution in [0.4, 0.5) is 4.39 Å². The third-order valence-corrected chi connectivity index (χ3v) is 8.83. The van der Waals surface area contributed by atoms with Gasteiger partial charge < -0.3 is 10.1 Å². The van der Waals surface area contributed by atoms with Gasteiger partial charge in [-0.25, -0.2) is 17.5 Å². The minimum atomic E-state index is -3.88. The maximum absolute atomic E-state index is 15.3. The Bertz CT molecular complexity index is 1380. The molecule has 2 fully saturated rings. The number of carbonyl (C=O) groups is 2. The highest BCUT2D eigenvalue weighted by Crippen LogP contribution is 2.41. The minimum Gasteiger partial charge on any atom is -0.493 e. The normalized spacial score (nSPS) is 22.1. The van der Waals surface area contributed by atoms with E-state index in [2.05, 4.69) is 15.1 Å². The number of benzene rings is 1. The van der Waals surface area contributed by atoms with Gasteiger partial charge in [-0.1, -0.05) is 19.4 Å². The number of sulfonamides is 1. The molecule has 2 amide bonds. The predicted octanol–water partition coefficient (Wildman–Crippen LogP) is 3.33. The van der Waals surface area contributed by atoms with E-state index in [-0.39, 0.29) is 29.2 Å². The van der Waals surface area contributed by atoms with Crippen LogP contribution in [0.25, 0.3) is 5.57 Å². The van der Waals surface area contributed by atoms with Crippen LogP contribution in [0.1, 0.15) is 76.1 Å². The summed E-state index contributed by atoms with van der Waals surface area (Å²) >= 11 is 0. The van der Waals surface area contributed by atoms with Gasteiger partial charge >= 0.3 is 0 Å². The largest absolute Gasteiger partial charge is 0.493 e. The Kier molecular flexibility index (Phi) is 6.59. The summed E-state index contributed by atoms with van der Waals surface area (Å²) < 4.78 is 49.7. The minimum absolute atomic E-state index is 0.0413. The van der Waals surface area contributed by atoms with Gasteiger partial charge in [0.05, 0.1) is 29.1 Å². The zero-order valence-corrected chi connectivity index (χ0v) is 21.7. The monoisotopic (exact) mass is 530 g/mol. The van der Waals surface area contributed by atoms with Crippen LogP contribution in [0.15, 0.2) is 36.0 Å². The van der Waals surface area contributed by atoms with Crippen LogP contribution in [0.5, 0.6) is 5.75 Å². The molecule has 198 valence electrons. The molecule has 1 atom stereocenters. The van der Waals surface area contributed by atoms with Gasteiger partial charge in [-0.15, -0.1) is 0 Å². The SMILES string of the molecule is CCCCOc1ccc(C2(C)CC(c3ccn(C4CC4)n3)=C(C(=O)NS(=O)(=O)C3CC3)C(=O)N2)c(F)c1. The van der Waals surface area contributed by atoms with Crippen molar-refractivity contribution < 1.29 is 27.1 Å². The second kappa shape index (κ2) is 9.59. The number of nitrogens with zero attached hydrogens (tertiary/aromatic N) is 2. The van der Waals surface area contributed by atoms with Gasteiger partial charge in [-0.2, -0.15) is 5.10 Å². The molecule has 2 aliphatic carbocycles. The average molecular weight is 531 g/mol. The summed E-state index contributed by atoms with van der Waals surface area (Å²) in [5.74, 6) is -1.94. The summed E-state index contributed by atoms with van der Waals surface area (Å²) in [5, 5.41) is 6.71. The number of nitrogens with one attached hydrogen (secondary N) is 2. The van der Waals surface area contributed by atoms with Gasteiger partial charge in [-0.05, 0) is 51.2 Å². The fraction of sp³-hybridized carbons (Fsp3) is 0.500. The predicted molar refractivity (Wildman–Crippen MR) is 134 cm³/mol. The first-order valence-corrected chi connectivity index (χ1v) is 14.3. The molecule has 3 aliphatic rings. The summed E-state index contributed by atoms with van der Waals surface area (Å²) in [4.78, 5) is 26.5. The smallest absolute Gasteiger partial charge is 0.270 e. The molecule has 0 radical (unpaired) electrons. The third kappa shape index (κ3) is 5.27. The van der Waals surface area contributed by atoms with Crippen molar-refractivity contribution >= 4 is 27.4 Å². The van der Waals surface area contributed by atoms with Gasteiger partial charge in [0.15, 0.2) is 0 Å². The molecule has 5 rings (SSSR count). The van der Waals surface area contributed by atoms with Crippen LogP contribution in [-0.2, 0) is 25.2 Å². The number of aromatic nitrogens is 2. The van der Waals surface area contributed by atoms with Crippen molar-refractivity contribution in [2.75, 3.05) is 6.61 Å². The van der Waals surface area contributed by atoms with E-state index in [1.807, 2.05) is 6.92 Å². The molecule has 9 nitrogen and oxygen atoms in total. The Morgan fingerprint density at radius 3 is 2.68 bits per heavy atom. The van der Waals surface area contributed by atoms with Crippen LogP contribution >= 0.6 is 0 Å². The molecular weight excluding hydrogens is 499 g/mol. The van der Waals surface area contributed by atoms with Crippen molar-refractivity contribution in [3.8, 4) is 5.75 Å². The fourth-order valence-corrected chi connectivity index (χ4v) is 5.89. The number of hydrogen-bond acceptors (Lipinski definition) is 6. The number of hydrogen-bond donors (Lipinski definition) is 2. The first-order chi connectivity index (χ1) is 17.6. The fourth-order valence-electron chi connectivity index (χ4n) is 4.61. The lowest BCUT2D eigenvalue weighted by Gasteiger charge is -2.37. The lowest BCUT2D eigenvalue weighted by atomic mass is 9.79. The average Bonchev–Trinajstić information content (AvgIpc) is 3.76. The van der Waals surface area contributed by atoms with E-state index in [1.54, 1.807) is 36.0 Å². The Labute approximate surface area is 215 Å². The van der Waals surface area contributed by atoms with E-state index in [4.69, 9.17) is 4.74 Å². The molecule has 0 bridgehead atoms. The molecule has 2 N–H and O–H groups in total. The highest BCUT2D eigenvalue weighted by molar-refractivity contribution is 7.91. The summed E-state index contributed by atoms with van der Waals surface area (Å²) in [7, 11) is -3.88. The molecule has 11 heteroatoms. The molecule has 1 aromatic carbocycles. The van der Waals surface area contributed by atoms with Gasteiger partial charge in [0.25, 0.3) is 11.8 Å². The Morgan fingerprint density at radius 1 is 1.27 bits per heavy atom. The molecule has 1 aromatic heterocycles. The summed E-state index contributed by atoms with van der Waals surface area (Å²) in [6, 6.07) is 6.48. The summed E-state index contributed by atoms with van der Waals surface area (Å²) in [6.07, 6.45) is 6.55. The van der Waals surface area contributed by atoms with Crippen molar-refractivity contribution in [1.82, 2.24) is 19.8 Å². The van der Waals surface area contributed by atoms with Crippen LogP contribution in [-0.4, -0.2) is 41.9 Å². The molecule has 0 spiro atoms. The lowest BCUT2D eigenvalue weighted by molar-refractivity contribution is -0.124. The molecule has 2 heterocycles. The van der Waals surface area contributed by atoms with Gasteiger partial charge in [0, 0.05) is 29.8 Å². The quantitative estimate of drug-likeness (QED) is 0.359. The van der Waals surface area contributed by atoms with Crippen molar-refractivity contribution in [3.05, 3.63) is 53.1 Å². The maximum Gasteiger partial charge on any atom is 0.270 e. The highest BCUT2D eigenvalue weighted by Gasteiger charge is 2.44. The molecule has 1 unspecified atom stereocenters. The number of rotatable bonds is 10. The topological polar surface area (TPSA) is 119 Å². The number of halogens is 1. The number of amides is 2.